The van der Waals surface area contributed by atoms with Gasteiger partial charge in [-0.1, -0.05) is 28.1 Å². The molecule has 1 aliphatic heterocycles. The molecule has 4 nitrogen and oxygen atoms in total. The molecule has 0 amide bonds. The molecule has 1 heterocycles. The van der Waals surface area contributed by atoms with Gasteiger partial charge in [0.2, 0.25) is 0 Å². The van der Waals surface area contributed by atoms with Gasteiger partial charge in [-0.15, -0.1) is 0 Å². The van der Waals surface area contributed by atoms with Crippen molar-refractivity contribution >= 4 is 26.7 Å². The van der Waals surface area contributed by atoms with Crippen LogP contribution in [0.4, 0.5) is 8.78 Å². The number of hydrogen-bond acceptors (Lipinski definition) is 4. The molecule has 0 saturated carbocycles. The highest BCUT2D eigenvalue weighted by atomic mass is 79.9. The Hall–Kier alpha value is -1.67. The third-order valence-electron chi connectivity index (χ3n) is 3.50. The van der Waals surface area contributed by atoms with Crippen molar-refractivity contribution in [2.24, 2.45) is 0 Å². The van der Waals surface area contributed by atoms with Gasteiger partial charge in [0.25, 0.3) is 0 Å². The molecule has 0 saturated heterocycles. The minimum absolute atomic E-state index is 0.0825. The summed E-state index contributed by atoms with van der Waals surface area (Å²) in [6.45, 7) is -1.85. The van der Waals surface area contributed by atoms with Crippen LogP contribution in [0.1, 0.15) is 11.1 Å². The molecule has 0 aromatic heterocycles. The zero-order valence-corrected chi connectivity index (χ0v) is 15.4. The zero-order valence-electron chi connectivity index (χ0n) is 13.0. The van der Waals surface area contributed by atoms with E-state index < -0.39 is 17.4 Å². The first-order valence-corrected chi connectivity index (χ1v) is 9.76. The first-order valence-electron chi connectivity index (χ1n) is 7.48. The smallest absolute Gasteiger partial charge is 0.387 e. The summed E-state index contributed by atoms with van der Waals surface area (Å²) >= 11 is 3.46. The SMILES string of the molecule is O=[S@@](Cc1ccc(OC(F)F)cc1)Cc1cc2c(cc1Br)OCCO2. The number of halogens is 3. The average molecular weight is 433 g/mol. The Balaban J connectivity index is 1.64. The monoisotopic (exact) mass is 432 g/mol. The van der Waals surface area contributed by atoms with Gasteiger partial charge in [-0.25, -0.2) is 0 Å². The van der Waals surface area contributed by atoms with Crippen LogP contribution in [-0.4, -0.2) is 24.0 Å². The van der Waals surface area contributed by atoms with E-state index in [2.05, 4.69) is 20.7 Å². The van der Waals surface area contributed by atoms with E-state index in [0.29, 0.717) is 36.2 Å². The summed E-state index contributed by atoms with van der Waals surface area (Å²) in [7, 11) is -1.17. The lowest BCUT2D eigenvalue weighted by atomic mass is 10.2. The maximum Gasteiger partial charge on any atom is 0.387 e. The van der Waals surface area contributed by atoms with Crippen molar-refractivity contribution in [1.82, 2.24) is 0 Å². The lowest BCUT2D eigenvalue weighted by molar-refractivity contribution is -0.0498. The Morgan fingerprint density at radius 2 is 1.72 bits per heavy atom. The molecule has 134 valence electrons. The quantitative estimate of drug-likeness (QED) is 0.683. The van der Waals surface area contributed by atoms with Crippen molar-refractivity contribution in [1.29, 1.82) is 0 Å². The number of alkyl halides is 2. The van der Waals surface area contributed by atoms with Crippen molar-refractivity contribution in [3.63, 3.8) is 0 Å². The summed E-state index contributed by atoms with van der Waals surface area (Å²) in [5.74, 6) is 2.05. The van der Waals surface area contributed by atoms with Crippen LogP contribution in [0.3, 0.4) is 0 Å². The maximum atomic E-state index is 12.4. The number of hydrogen-bond donors (Lipinski definition) is 0. The summed E-state index contributed by atoms with van der Waals surface area (Å²) in [6.07, 6.45) is 0. The highest BCUT2D eigenvalue weighted by Gasteiger charge is 2.16. The fraction of sp³-hybridized carbons (Fsp3) is 0.294. The number of ether oxygens (including phenoxy) is 3. The lowest BCUT2D eigenvalue weighted by Crippen LogP contribution is -2.15. The molecular weight excluding hydrogens is 418 g/mol. The van der Waals surface area contributed by atoms with Crippen molar-refractivity contribution in [3.05, 3.63) is 52.0 Å². The Morgan fingerprint density at radius 1 is 1.08 bits per heavy atom. The van der Waals surface area contributed by atoms with Gasteiger partial charge in [0.1, 0.15) is 19.0 Å². The molecule has 0 aliphatic carbocycles. The van der Waals surface area contributed by atoms with Crippen LogP contribution >= 0.6 is 15.9 Å². The van der Waals surface area contributed by atoms with Crippen LogP contribution in [0.15, 0.2) is 40.9 Å². The first kappa shape index (κ1) is 18.1. The molecule has 25 heavy (non-hydrogen) atoms. The molecule has 0 fully saturated rings. The van der Waals surface area contributed by atoms with E-state index in [9.17, 15) is 13.0 Å². The molecule has 0 unspecified atom stereocenters. The summed E-state index contributed by atoms with van der Waals surface area (Å²) in [4.78, 5) is 0. The van der Waals surface area contributed by atoms with Crippen LogP contribution in [0.25, 0.3) is 0 Å². The molecular formula is C17H15BrF2O4S. The van der Waals surface area contributed by atoms with Crippen molar-refractivity contribution in [3.8, 4) is 17.2 Å². The Labute approximate surface area is 154 Å². The highest BCUT2D eigenvalue weighted by molar-refractivity contribution is 9.10. The van der Waals surface area contributed by atoms with E-state index >= 15 is 0 Å². The molecule has 2 aromatic carbocycles. The van der Waals surface area contributed by atoms with E-state index in [1.165, 1.54) is 12.1 Å². The molecule has 0 N–H and O–H groups in total. The van der Waals surface area contributed by atoms with Gasteiger partial charge in [0.05, 0.1) is 5.75 Å². The van der Waals surface area contributed by atoms with Crippen LogP contribution < -0.4 is 14.2 Å². The lowest BCUT2D eigenvalue weighted by Gasteiger charge is -2.19. The molecule has 1 aliphatic rings. The second-order valence-corrected chi connectivity index (χ2v) is 7.65. The summed E-state index contributed by atoms with van der Waals surface area (Å²) < 4.78 is 52.9. The van der Waals surface area contributed by atoms with Gasteiger partial charge < -0.3 is 14.2 Å². The normalized spacial score (nSPS) is 14.4. The van der Waals surface area contributed by atoms with E-state index in [-0.39, 0.29) is 5.75 Å². The number of rotatable bonds is 6. The minimum Gasteiger partial charge on any atom is -0.486 e. The predicted molar refractivity (Wildman–Crippen MR) is 93.8 cm³/mol. The number of fused-ring (bicyclic) bond motifs is 1. The Kier molecular flexibility index (Phi) is 5.90. The Morgan fingerprint density at radius 3 is 2.36 bits per heavy atom. The van der Waals surface area contributed by atoms with Gasteiger partial charge in [-0.3, -0.25) is 4.21 Å². The molecule has 3 rings (SSSR count). The molecule has 8 heteroatoms. The highest BCUT2D eigenvalue weighted by Crippen LogP contribution is 2.36. The Bertz CT molecular complexity index is 768. The van der Waals surface area contributed by atoms with Gasteiger partial charge in [-0.05, 0) is 35.4 Å². The van der Waals surface area contributed by atoms with E-state index in [0.717, 1.165) is 15.6 Å². The topological polar surface area (TPSA) is 44.8 Å². The third kappa shape index (κ3) is 4.92. The first-order chi connectivity index (χ1) is 12.0. The van der Waals surface area contributed by atoms with E-state index in [1.54, 1.807) is 12.1 Å². The second kappa shape index (κ2) is 8.14. The predicted octanol–water partition coefficient (Wildman–Crippen LogP) is 4.27. The summed E-state index contributed by atoms with van der Waals surface area (Å²) in [5.41, 5.74) is 1.65. The standard InChI is InChI=1S/C17H15BrF2O4S/c18-14-8-16-15(22-5-6-23-16)7-12(14)10-25(21)9-11-1-3-13(4-2-11)24-17(19)20/h1-4,7-8,17H,5-6,9-10H2/t25-/m0/s1. The van der Waals surface area contributed by atoms with Gasteiger partial charge in [-0.2, -0.15) is 8.78 Å². The zero-order chi connectivity index (χ0) is 17.8. The van der Waals surface area contributed by atoms with Crippen molar-refractivity contribution in [2.45, 2.75) is 18.1 Å². The fourth-order valence-electron chi connectivity index (χ4n) is 2.39. The van der Waals surface area contributed by atoms with Gasteiger partial charge >= 0.3 is 6.61 Å². The van der Waals surface area contributed by atoms with E-state index in [1.807, 2.05) is 12.1 Å². The summed E-state index contributed by atoms with van der Waals surface area (Å²) in [6, 6.07) is 9.80. The van der Waals surface area contributed by atoms with Crippen molar-refractivity contribution < 1.29 is 27.2 Å². The van der Waals surface area contributed by atoms with Crippen LogP contribution in [0, 0.1) is 0 Å². The molecule has 0 bridgehead atoms. The van der Waals surface area contributed by atoms with Gasteiger partial charge in [0, 0.05) is 21.0 Å². The van der Waals surface area contributed by atoms with Crippen LogP contribution in [-0.2, 0) is 22.3 Å². The van der Waals surface area contributed by atoms with Crippen LogP contribution in [0.2, 0.25) is 0 Å². The maximum absolute atomic E-state index is 12.4. The molecule has 0 radical (unpaired) electrons. The van der Waals surface area contributed by atoms with E-state index in [4.69, 9.17) is 9.47 Å². The minimum atomic E-state index is -2.85. The third-order valence-corrected chi connectivity index (χ3v) is 5.53. The van der Waals surface area contributed by atoms with Crippen LogP contribution in [0.5, 0.6) is 17.2 Å². The molecule has 2 aromatic rings. The second-order valence-electron chi connectivity index (χ2n) is 5.34. The number of benzene rings is 2. The average Bonchev–Trinajstić information content (AvgIpc) is 2.57. The molecule has 1 atom stereocenters. The largest absolute Gasteiger partial charge is 0.486 e. The molecule has 0 spiro atoms. The van der Waals surface area contributed by atoms with Crippen molar-refractivity contribution in [2.75, 3.05) is 13.2 Å². The fourth-order valence-corrected chi connectivity index (χ4v) is 4.29. The van der Waals surface area contributed by atoms with Gasteiger partial charge in [0.15, 0.2) is 11.5 Å². The summed E-state index contributed by atoms with van der Waals surface area (Å²) in [5, 5.41) is 0.